The number of likely N-dealkylation sites (N-methyl/N-ethyl adjacent to an activating group) is 1. The molecule has 144 valence electrons. The Hall–Kier alpha value is -2.18. The van der Waals surface area contributed by atoms with Crippen LogP contribution >= 0.6 is 12.2 Å². The zero-order valence-corrected chi connectivity index (χ0v) is 16.6. The molecule has 2 aromatic carbocycles. The van der Waals surface area contributed by atoms with E-state index in [1.807, 2.05) is 25.1 Å². The highest BCUT2D eigenvalue weighted by Crippen LogP contribution is 2.30. The van der Waals surface area contributed by atoms with Crippen molar-refractivity contribution in [1.29, 1.82) is 0 Å². The molecular weight excluding hydrogens is 363 g/mol. The lowest BCUT2D eigenvalue weighted by Gasteiger charge is -2.34. The van der Waals surface area contributed by atoms with Crippen LogP contribution in [0.25, 0.3) is 0 Å². The Morgan fingerprint density at radius 3 is 2.37 bits per heavy atom. The monoisotopic (exact) mass is 388 g/mol. The molecule has 0 saturated carbocycles. The van der Waals surface area contributed by atoms with E-state index in [4.69, 9.17) is 21.7 Å². The molecule has 1 fully saturated rings. The average Bonchev–Trinajstić information content (AvgIpc) is 2.68. The molecule has 1 saturated heterocycles. The Balaban J connectivity index is 1.71. The normalized spacial score (nSPS) is 14.9. The first-order valence-electron chi connectivity index (χ1n) is 9.18. The summed E-state index contributed by atoms with van der Waals surface area (Å²) in [6.07, 6.45) is 0. The highest BCUT2D eigenvalue weighted by Gasteiger charge is 2.19. The molecular formula is C21H25FN2O2S. The van der Waals surface area contributed by atoms with Crippen LogP contribution in [0, 0.1) is 5.82 Å². The molecule has 27 heavy (non-hydrogen) atoms. The minimum atomic E-state index is -0.254. The van der Waals surface area contributed by atoms with E-state index in [9.17, 15) is 4.39 Å². The lowest BCUT2D eigenvalue weighted by atomic mass is 10.1. The van der Waals surface area contributed by atoms with E-state index < -0.39 is 0 Å². The highest BCUT2D eigenvalue weighted by molar-refractivity contribution is 7.80. The largest absolute Gasteiger partial charge is 0.490 e. The van der Waals surface area contributed by atoms with Crippen molar-refractivity contribution in [3.63, 3.8) is 0 Å². The molecule has 1 aliphatic rings. The van der Waals surface area contributed by atoms with Crippen molar-refractivity contribution < 1.29 is 13.9 Å². The first kappa shape index (κ1) is 19.6. The maximum Gasteiger partial charge on any atom is 0.161 e. The van der Waals surface area contributed by atoms with Crippen LogP contribution in [-0.2, 0) is 6.61 Å². The Labute approximate surface area is 165 Å². The van der Waals surface area contributed by atoms with Crippen molar-refractivity contribution >= 4 is 17.2 Å². The third-order valence-corrected chi connectivity index (χ3v) is 5.08. The summed E-state index contributed by atoms with van der Waals surface area (Å²) in [5, 5.41) is 0. The fraction of sp³-hybridized carbons (Fsp3) is 0.381. The summed E-state index contributed by atoms with van der Waals surface area (Å²) in [4.78, 5) is 5.38. The summed E-state index contributed by atoms with van der Waals surface area (Å²) < 4.78 is 24.7. The Morgan fingerprint density at radius 2 is 1.70 bits per heavy atom. The molecule has 1 aliphatic heterocycles. The third-order valence-electron chi connectivity index (χ3n) is 4.59. The van der Waals surface area contributed by atoms with Gasteiger partial charge in [-0.05, 0) is 49.9 Å². The van der Waals surface area contributed by atoms with E-state index in [0.717, 1.165) is 42.3 Å². The van der Waals surface area contributed by atoms with Gasteiger partial charge in [0.15, 0.2) is 11.5 Å². The van der Waals surface area contributed by atoms with Gasteiger partial charge in [-0.25, -0.2) is 4.39 Å². The second-order valence-electron chi connectivity index (χ2n) is 6.61. The molecule has 0 aliphatic carbocycles. The van der Waals surface area contributed by atoms with Crippen LogP contribution in [0.2, 0.25) is 0 Å². The van der Waals surface area contributed by atoms with Crippen LogP contribution in [-0.4, -0.2) is 54.6 Å². The van der Waals surface area contributed by atoms with Crippen molar-refractivity contribution in [3.8, 4) is 11.5 Å². The standard InChI is InChI=1S/C21H25FN2O2S/c1-3-25-20-14-17(21(27)24-12-10-23(2)11-13-24)6-9-19(20)26-15-16-4-7-18(22)8-5-16/h4-9,14H,3,10-13,15H2,1-2H3. The van der Waals surface area contributed by atoms with Gasteiger partial charge in [-0.3, -0.25) is 0 Å². The van der Waals surface area contributed by atoms with Gasteiger partial charge >= 0.3 is 0 Å². The molecule has 0 spiro atoms. The summed E-state index contributed by atoms with van der Waals surface area (Å²) in [5.41, 5.74) is 1.86. The molecule has 0 radical (unpaired) electrons. The summed E-state index contributed by atoms with van der Waals surface area (Å²) in [6.45, 7) is 6.72. The van der Waals surface area contributed by atoms with Gasteiger partial charge in [0.25, 0.3) is 0 Å². The first-order chi connectivity index (χ1) is 13.1. The van der Waals surface area contributed by atoms with Gasteiger partial charge in [0.2, 0.25) is 0 Å². The minimum Gasteiger partial charge on any atom is -0.490 e. The van der Waals surface area contributed by atoms with Gasteiger partial charge in [-0.15, -0.1) is 0 Å². The number of halogens is 1. The lowest BCUT2D eigenvalue weighted by molar-refractivity contribution is 0.218. The fourth-order valence-corrected chi connectivity index (χ4v) is 3.27. The minimum absolute atomic E-state index is 0.254. The van der Waals surface area contributed by atoms with E-state index in [2.05, 4.69) is 16.8 Å². The number of benzene rings is 2. The Bertz CT molecular complexity index is 774. The van der Waals surface area contributed by atoms with Crippen LogP contribution < -0.4 is 9.47 Å². The number of thiocarbonyl (C=S) groups is 1. The molecule has 0 aromatic heterocycles. The first-order valence-corrected chi connectivity index (χ1v) is 9.59. The summed E-state index contributed by atoms with van der Waals surface area (Å²) >= 11 is 5.70. The molecule has 0 unspecified atom stereocenters. The molecule has 0 amide bonds. The van der Waals surface area contributed by atoms with Crippen molar-refractivity contribution in [1.82, 2.24) is 9.80 Å². The average molecular weight is 389 g/mol. The van der Waals surface area contributed by atoms with Crippen LogP contribution in [0.15, 0.2) is 42.5 Å². The fourth-order valence-electron chi connectivity index (χ4n) is 2.96. The number of hydrogen-bond donors (Lipinski definition) is 0. The number of hydrogen-bond acceptors (Lipinski definition) is 4. The maximum absolute atomic E-state index is 13.0. The number of ether oxygens (including phenoxy) is 2. The second-order valence-corrected chi connectivity index (χ2v) is 6.99. The molecule has 4 nitrogen and oxygen atoms in total. The predicted molar refractivity (Wildman–Crippen MR) is 109 cm³/mol. The summed E-state index contributed by atoms with van der Waals surface area (Å²) in [5.74, 6) is 1.08. The lowest BCUT2D eigenvalue weighted by Crippen LogP contribution is -2.46. The topological polar surface area (TPSA) is 24.9 Å². The van der Waals surface area contributed by atoms with Crippen LogP contribution in [0.5, 0.6) is 11.5 Å². The van der Waals surface area contributed by atoms with E-state index in [-0.39, 0.29) is 5.82 Å². The Morgan fingerprint density at radius 1 is 1.00 bits per heavy atom. The van der Waals surface area contributed by atoms with Gasteiger partial charge in [0.05, 0.1) is 6.61 Å². The molecule has 6 heteroatoms. The summed E-state index contributed by atoms with van der Waals surface area (Å²) in [6, 6.07) is 12.1. The quantitative estimate of drug-likeness (QED) is 0.703. The Kier molecular flexibility index (Phi) is 6.63. The van der Waals surface area contributed by atoms with Crippen molar-refractivity contribution in [3.05, 3.63) is 59.4 Å². The third kappa shape index (κ3) is 5.17. The SMILES string of the molecule is CCOc1cc(C(=S)N2CCN(C)CC2)ccc1OCc1ccc(F)cc1. The zero-order valence-electron chi connectivity index (χ0n) is 15.8. The predicted octanol–water partition coefficient (Wildman–Crippen LogP) is 3.73. The number of piperazine rings is 1. The number of rotatable bonds is 6. The molecule has 0 atom stereocenters. The molecule has 0 bridgehead atoms. The van der Waals surface area contributed by atoms with E-state index in [1.165, 1.54) is 12.1 Å². The molecule has 2 aromatic rings. The van der Waals surface area contributed by atoms with Gasteiger partial charge in [0, 0.05) is 31.7 Å². The van der Waals surface area contributed by atoms with Crippen molar-refractivity contribution in [2.75, 3.05) is 39.8 Å². The van der Waals surface area contributed by atoms with Gasteiger partial charge < -0.3 is 19.3 Å². The van der Waals surface area contributed by atoms with E-state index >= 15 is 0 Å². The van der Waals surface area contributed by atoms with Gasteiger partial charge in [0.1, 0.15) is 17.4 Å². The van der Waals surface area contributed by atoms with Crippen LogP contribution in [0.1, 0.15) is 18.1 Å². The molecule has 0 N–H and O–H groups in total. The molecule has 3 rings (SSSR count). The maximum atomic E-state index is 13.0. The highest BCUT2D eigenvalue weighted by atomic mass is 32.1. The second kappa shape index (κ2) is 9.15. The van der Waals surface area contributed by atoms with Gasteiger partial charge in [-0.1, -0.05) is 24.4 Å². The van der Waals surface area contributed by atoms with E-state index in [0.29, 0.717) is 24.7 Å². The van der Waals surface area contributed by atoms with Crippen LogP contribution in [0.3, 0.4) is 0 Å². The van der Waals surface area contributed by atoms with Crippen molar-refractivity contribution in [2.45, 2.75) is 13.5 Å². The van der Waals surface area contributed by atoms with Crippen LogP contribution in [0.4, 0.5) is 4.39 Å². The number of nitrogens with zero attached hydrogens (tertiary/aromatic N) is 2. The molecule has 1 heterocycles. The van der Waals surface area contributed by atoms with Gasteiger partial charge in [-0.2, -0.15) is 0 Å². The smallest absolute Gasteiger partial charge is 0.161 e. The van der Waals surface area contributed by atoms with E-state index in [1.54, 1.807) is 12.1 Å². The zero-order chi connectivity index (χ0) is 19.2. The van der Waals surface area contributed by atoms with Crippen molar-refractivity contribution in [2.24, 2.45) is 0 Å². The summed E-state index contributed by atoms with van der Waals surface area (Å²) in [7, 11) is 2.13.